The van der Waals surface area contributed by atoms with Crippen molar-refractivity contribution < 1.29 is 0 Å². The molecule has 5 heteroatoms. The van der Waals surface area contributed by atoms with E-state index < -0.39 is 0 Å². The first-order valence-electron chi connectivity index (χ1n) is 7.40. The van der Waals surface area contributed by atoms with E-state index in [-0.39, 0.29) is 0 Å². The number of aromatic nitrogens is 2. The van der Waals surface area contributed by atoms with Crippen molar-refractivity contribution in [3.8, 4) is 0 Å². The molecule has 1 fully saturated rings. The summed E-state index contributed by atoms with van der Waals surface area (Å²) >= 11 is 2.32. The Morgan fingerprint density at radius 3 is 2.71 bits per heavy atom. The zero-order chi connectivity index (χ0) is 14.7. The number of benzene rings is 1. The molecule has 0 amide bonds. The van der Waals surface area contributed by atoms with Crippen molar-refractivity contribution >= 4 is 39.9 Å². The van der Waals surface area contributed by atoms with Crippen molar-refractivity contribution in [2.45, 2.75) is 32.1 Å². The first-order chi connectivity index (χ1) is 10.2. The molecule has 1 aromatic heterocycles. The number of rotatable bonds is 6. The van der Waals surface area contributed by atoms with Gasteiger partial charge in [-0.1, -0.05) is 13.0 Å². The van der Waals surface area contributed by atoms with Crippen LogP contribution in [0.25, 0.3) is 0 Å². The monoisotopic (exact) mass is 394 g/mol. The van der Waals surface area contributed by atoms with E-state index in [9.17, 15) is 0 Å². The second-order valence-electron chi connectivity index (χ2n) is 5.33. The fraction of sp³-hybridized carbons (Fsp3) is 0.375. The van der Waals surface area contributed by atoms with E-state index in [0.717, 1.165) is 36.1 Å². The minimum Gasteiger partial charge on any atom is -0.370 e. The number of hydrogen-bond acceptors (Lipinski definition) is 4. The average Bonchev–Trinajstić information content (AvgIpc) is 3.29. The van der Waals surface area contributed by atoms with Crippen molar-refractivity contribution in [3.63, 3.8) is 0 Å². The number of nitrogens with one attached hydrogen (secondary N) is 2. The number of nitrogens with zero attached hydrogens (tertiary/aromatic N) is 2. The predicted molar refractivity (Wildman–Crippen MR) is 95.2 cm³/mol. The highest BCUT2D eigenvalue weighted by molar-refractivity contribution is 14.1. The number of hydrogen-bond donors (Lipinski definition) is 2. The molecule has 2 aromatic rings. The molecule has 0 atom stereocenters. The Bertz CT molecular complexity index is 625. The molecular formula is C16H19IN4. The maximum Gasteiger partial charge on any atom is 0.136 e. The van der Waals surface area contributed by atoms with Gasteiger partial charge in [-0.15, -0.1) is 0 Å². The third kappa shape index (κ3) is 4.06. The predicted octanol–water partition coefficient (Wildman–Crippen LogP) is 4.52. The van der Waals surface area contributed by atoms with E-state index in [1.165, 1.54) is 16.4 Å². The van der Waals surface area contributed by atoms with Crippen LogP contribution in [0.5, 0.6) is 0 Å². The van der Waals surface area contributed by atoms with Gasteiger partial charge in [0.05, 0.1) is 0 Å². The summed E-state index contributed by atoms with van der Waals surface area (Å²) in [5.41, 5.74) is 1.06. The second kappa shape index (κ2) is 6.60. The summed E-state index contributed by atoms with van der Waals surface area (Å²) in [6.45, 7) is 3.09. The van der Waals surface area contributed by atoms with Gasteiger partial charge >= 0.3 is 0 Å². The maximum absolute atomic E-state index is 4.66. The Morgan fingerprint density at radius 1 is 1.19 bits per heavy atom. The molecule has 3 rings (SSSR count). The van der Waals surface area contributed by atoms with E-state index >= 15 is 0 Å². The number of anilines is 3. The molecule has 4 nitrogen and oxygen atoms in total. The lowest BCUT2D eigenvalue weighted by atomic mass is 10.3. The van der Waals surface area contributed by atoms with Crippen LogP contribution in [0.1, 0.15) is 37.9 Å². The molecule has 0 saturated heterocycles. The van der Waals surface area contributed by atoms with Crippen molar-refractivity contribution in [1.82, 2.24) is 9.97 Å². The van der Waals surface area contributed by atoms with Gasteiger partial charge < -0.3 is 10.6 Å². The lowest BCUT2D eigenvalue weighted by Crippen LogP contribution is -2.06. The highest BCUT2D eigenvalue weighted by Crippen LogP contribution is 2.39. The van der Waals surface area contributed by atoms with E-state index in [1.807, 2.05) is 12.1 Å². The van der Waals surface area contributed by atoms with Crippen molar-refractivity contribution in [2.24, 2.45) is 0 Å². The van der Waals surface area contributed by atoms with Gasteiger partial charge in [-0.2, -0.15) is 0 Å². The highest BCUT2D eigenvalue weighted by Gasteiger charge is 2.27. The van der Waals surface area contributed by atoms with Crippen LogP contribution in [0.15, 0.2) is 30.3 Å². The molecule has 0 aliphatic heterocycles. The van der Waals surface area contributed by atoms with Crippen LogP contribution in [0.4, 0.5) is 17.3 Å². The van der Waals surface area contributed by atoms with Crippen LogP contribution in [-0.4, -0.2) is 16.5 Å². The third-order valence-electron chi connectivity index (χ3n) is 3.34. The minimum absolute atomic E-state index is 0.546. The molecule has 1 saturated carbocycles. The highest BCUT2D eigenvalue weighted by atomic mass is 127. The Labute approximate surface area is 138 Å². The largest absolute Gasteiger partial charge is 0.370 e. The Kier molecular flexibility index (Phi) is 4.57. The summed E-state index contributed by atoms with van der Waals surface area (Å²) in [6, 6.07) is 10.3. The standard InChI is InChI=1S/C16H19IN4/c1-2-8-18-14-10-15(21-16(20-14)11-6-7-11)19-13-5-3-4-12(17)9-13/h3-5,9-11H,2,6-8H2,1H3,(H2,18,19,20,21). The lowest BCUT2D eigenvalue weighted by Gasteiger charge is -2.11. The molecule has 0 spiro atoms. The summed E-state index contributed by atoms with van der Waals surface area (Å²) in [4.78, 5) is 9.29. The third-order valence-corrected chi connectivity index (χ3v) is 4.01. The Morgan fingerprint density at radius 2 is 2.00 bits per heavy atom. The van der Waals surface area contributed by atoms with E-state index in [1.54, 1.807) is 0 Å². The van der Waals surface area contributed by atoms with Gasteiger partial charge in [0, 0.05) is 27.8 Å². The summed E-state index contributed by atoms with van der Waals surface area (Å²) in [6.07, 6.45) is 3.50. The molecule has 0 bridgehead atoms. The summed E-state index contributed by atoms with van der Waals surface area (Å²) < 4.78 is 1.21. The molecule has 21 heavy (non-hydrogen) atoms. The molecule has 0 radical (unpaired) electrons. The molecular weight excluding hydrogens is 375 g/mol. The van der Waals surface area contributed by atoms with Crippen LogP contribution in [0.3, 0.4) is 0 Å². The fourth-order valence-corrected chi connectivity index (χ4v) is 2.65. The summed E-state index contributed by atoms with van der Waals surface area (Å²) in [7, 11) is 0. The zero-order valence-corrected chi connectivity index (χ0v) is 14.2. The summed E-state index contributed by atoms with van der Waals surface area (Å²) in [5.74, 6) is 3.29. The van der Waals surface area contributed by atoms with Crippen LogP contribution in [0.2, 0.25) is 0 Å². The molecule has 1 heterocycles. The topological polar surface area (TPSA) is 49.8 Å². The Hall–Kier alpha value is -1.37. The quantitative estimate of drug-likeness (QED) is 0.708. The van der Waals surface area contributed by atoms with Gasteiger partial charge in [-0.05, 0) is 60.1 Å². The van der Waals surface area contributed by atoms with Crippen molar-refractivity contribution in [2.75, 3.05) is 17.2 Å². The summed E-state index contributed by atoms with van der Waals surface area (Å²) in [5, 5.41) is 6.75. The van der Waals surface area contributed by atoms with E-state index in [4.69, 9.17) is 0 Å². The second-order valence-corrected chi connectivity index (χ2v) is 6.58. The van der Waals surface area contributed by atoms with Crippen LogP contribution < -0.4 is 10.6 Å². The SMILES string of the molecule is CCCNc1cc(Nc2cccc(I)c2)nc(C2CC2)n1. The smallest absolute Gasteiger partial charge is 0.136 e. The van der Waals surface area contributed by atoms with Gasteiger partial charge in [-0.25, -0.2) is 9.97 Å². The average molecular weight is 394 g/mol. The lowest BCUT2D eigenvalue weighted by molar-refractivity contribution is 0.911. The molecule has 1 aliphatic carbocycles. The van der Waals surface area contributed by atoms with Gasteiger partial charge in [-0.3, -0.25) is 0 Å². The minimum atomic E-state index is 0.546. The van der Waals surface area contributed by atoms with Crippen molar-refractivity contribution in [3.05, 3.63) is 39.7 Å². The molecule has 1 aliphatic rings. The molecule has 1 aromatic carbocycles. The van der Waals surface area contributed by atoms with Gasteiger partial charge in [0.2, 0.25) is 0 Å². The van der Waals surface area contributed by atoms with Crippen LogP contribution in [-0.2, 0) is 0 Å². The zero-order valence-electron chi connectivity index (χ0n) is 12.1. The van der Waals surface area contributed by atoms with Crippen LogP contribution in [0, 0.1) is 3.57 Å². The normalized spacial score (nSPS) is 14.0. The first kappa shape index (κ1) is 14.6. The van der Waals surface area contributed by atoms with Crippen molar-refractivity contribution in [1.29, 1.82) is 0 Å². The van der Waals surface area contributed by atoms with E-state index in [0.29, 0.717) is 5.92 Å². The first-order valence-corrected chi connectivity index (χ1v) is 8.48. The van der Waals surface area contributed by atoms with Crippen LogP contribution >= 0.6 is 22.6 Å². The molecule has 2 N–H and O–H groups in total. The van der Waals surface area contributed by atoms with Gasteiger partial charge in [0.15, 0.2) is 0 Å². The fourth-order valence-electron chi connectivity index (χ4n) is 2.11. The maximum atomic E-state index is 4.66. The van der Waals surface area contributed by atoms with Gasteiger partial charge in [0.25, 0.3) is 0 Å². The Balaban J connectivity index is 1.84. The van der Waals surface area contributed by atoms with E-state index in [2.05, 4.69) is 68.3 Å². The number of halogens is 1. The molecule has 110 valence electrons. The molecule has 0 unspecified atom stereocenters. The van der Waals surface area contributed by atoms with Gasteiger partial charge in [0.1, 0.15) is 17.5 Å².